The SMILES string of the molecule is CC(C)(C)C(=O)N1CCCC(C(=O)N2CCN(S(=O)(=O)Cc3ccccc3)CC2)C1. The standard InChI is InChI=1S/C22H33N3O4S/c1-22(2,3)21(27)24-11-7-10-19(16-24)20(26)23-12-14-25(15-13-23)30(28,29)17-18-8-5-4-6-9-18/h4-6,8-9,19H,7,10-17H2,1-3H3. The molecule has 0 saturated carbocycles. The van der Waals surface area contributed by atoms with Crippen LogP contribution in [0.1, 0.15) is 39.2 Å². The maximum absolute atomic E-state index is 13.0. The zero-order valence-corrected chi connectivity index (χ0v) is 19.0. The van der Waals surface area contributed by atoms with E-state index in [1.807, 2.05) is 56.0 Å². The molecule has 0 bridgehead atoms. The van der Waals surface area contributed by atoms with E-state index in [1.165, 1.54) is 4.31 Å². The van der Waals surface area contributed by atoms with E-state index < -0.39 is 15.4 Å². The molecule has 166 valence electrons. The summed E-state index contributed by atoms with van der Waals surface area (Å²) in [6.45, 7) is 8.29. The molecule has 2 amide bonds. The number of carbonyl (C=O) groups is 2. The Morgan fingerprint density at radius 2 is 1.60 bits per heavy atom. The van der Waals surface area contributed by atoms with E-state index in [2.05, 4.69) is 0 Å². The fraction of sp³-hybridized carbons (Fsp3) is 0.636. The number of hydrogen-bond acceptors (Lipinski definition) is 4. The number of likely N-dealkylation sites (tertiary alicyclic amines) is 1. The molecule has 0 radical (unpaired) electrons. The van der Waals surface area contributed by atoms with Crippen LogP contribution >= 0.6 is 0 Å². The van der Waals surface area contributed by atoms with Crippen molar-refractivity contribution in [3.63, 3.8) is 0 Å². The first kappa shape index (κ1) is 22.7. The van der Waals surface area contributed by atoms with Crippen molar-refractivity contribution in [1.29, 1.82) is 0 Å². The molecule has 2 aliphatic rings. The van der Waals surface area contributed by atoms with E-state index in [-0.39, 0.29) is 23.5 Å². The van der Waals surface area contributed by atoms with Crippen LogP contribution in [0.3, 0.4) is 0 Å². The van der Waals surface area contributed by atoms with Crippen LogP contribution < -0.4 is 0 Å². The minimum atomic E-state index is -3.40. The number of sulfonamides is 1. The third-order valence-corrected chi connectivity index (χ3v) is 7.69. The summed E-state index contributed by atoms with van der Waals surface area (Å²) in [6, 6.07) is 9.15. The second-order valence-corrected chi connectivity index (χ2v) is 11.3. The van der Waals surface area contributed by atoms with Crippen LogP contribution in [0.5, 0.6) is 0 Å². The predicted octanol–water partition coefficient (Wildman–Crippen LogP) is 1.95. The second kappa shape index (κ2) is 9.06. The van der Waals surface area contributed by atoms with E-state index in [4.69, 9.17) is 0 Å². The average molecular weight is 436 g/mol. The first-order chi connectivity index (χ1) is 14.1. The number of amides is 2. The summed E-state index contributed by atoms with van der Waals surface area (Å²) in [5.41, 5.74) is 0.311. The van der Waals surface area contributed by atoms with Crippen molar-refractivity contribution in [2.24, 2.45) is 11.3 Å². The zero-order valence-electron chi connectivity index (χ0n) is 18.2. The first-order valence-corrected chi connectivity index (χ1v) is 12.3. The summed E-state index contributed by atoms with van der Waals surface area (Å²) in [5.74, 6) is -0.0928. The van der Waals surface area contributed by atoms with Gasteiger partial charge in [-0.25, -0.2) is 8.42 Å². The molecule has 2 saturated heterocycles. The molecule has 2 aliphatic heterocycles. The lowest BCUT2D eigenvalue weighted by molar-refractivity contribution is -0.145. The zero-order chi connectivity index (χ0) is 21.9. The van der Waals surface area contributed by atoms with Crippen LogP contribution in [-0.4, -0.2) is 73.6 Å². The molecule has 8 heteroatoms. The van der Waals surface area contributed by atoms with Gasteiger partial charge in [0.05, 0.1) is 11.7 Å². The molecule has 7 nitrogen and oxygen atoms in total. The minimum Gasteiger partial charge on any atom is -0.341 e. The Hall–Kier alpha value is -1.93. The van der Waals surface area contributed by atoms with E-state index in [0.717, 1.165) is 18.4 Å². The Kier molecular flexibility index (Phi) is 6.87. The van der Waals surface area contributed by atoms with Crippen LogP contribution in [0.4, 0.5) is 0 Å². The van der Waals surface area contributed by atoms with Crippen LogP contribution in [-0.2, 0) is 25.4 Å². The molecule has 1 unspecified atom stereocenters. The normalized spacial score (nSPS) is 21.5. The molecule has 0 N–H and O–H groups in total. The van der Waals surface area contributed by atoms with Gasteiger partial charge in [-0.2, -0.15) is 4.31 Å². The molecule has 1 aromatic carbocycles. The topological polar surface area (TPSA) is 78.0 Å². The highest BCUT2D eigenvalue weighted by Gasteiger charge is 2.36. The highest BCUT2D eigenvalue weighted by molar-refractivity contribution is 7.88. The Labute approximate surface area is 180 Å². The van der Waals surface area contributed by atoms with Crippen molar-refractivity contribution in [3.05, 3.63) is 35.9 Å². The minimum absolute atomic E-state index is 0.0196. The Morgan fingerprint density at radius 1 is 0.967 bits per heavy atom. The second-order valence-electron chi connectivity index (χ2n) is 9.31. The molecule has 3 rings (SSSR count). The smallest absolute Gasteiger partial charge is 0.227 e. The lowest BCUT2D eigenvalue weighted by Gasteiger charge is -2.40. The van der Waals surface area contributed by atoms with Crippen LogP contribution in [0.15, 0.2) is 30.3 Å². The third-order valence-electron chi connectivity index (χ3n) is 5.84. The lowest BCUT2D eigenvalue weighted by atomic mass is 9.90. The van der Waals surface area contributed by atoms with Gasteiger partial charge in [-0.1, -0.05) is 51.1 Å². The van der Waals surface area contributed by atoms with Gasteiger partial charge in [0.15, 0.2) is 0 Å². The van der Waals surface area contributed by atoms with Crippen LogP contribution in [0, 0.1) is 11.3 Å². The Morgan fingerprint density at radius 3 is 2.20 bits per heavy atom. The van der Waals surface area contributed by atoms with Gasteiger partial charge in [0.1, 0.15) is 0 Å². The molecule has 0 aromatic heterocycles. The molecule has 0 aliphatic carbocycles. The molecular formula is C22H33N3O4S. The highest BCUT2D eigenvalue weighted by atomic mass is 32.2. The summed E-state index contributed by atoms with van der Waals surface area (Å²) in [6.07, 6.45) is 1.60. The molecule has 30 heavy (non-hydrogen) atoms. The van der Waals surface area contributed by atoms with Gasteiger partial charge in [-0.05, 0) is 18.4 Å². The summed E-state index contributed by atoms with van der Waals surface area (Å²) in [5, 5.41) is 0. The molecule has 1 aromatic rings. The number of benzene rings is 1. The monoisotopic (exact) mass is 435 g/mol. The number of hydrogen-bond donors (Lipinski definition) is 0. The first-order valence-electron chi connectivity index (χ1n) is 10.7. The number of rotatable bonds is 4. The van der Waals surface area contributed by atoms with Gasteiger partial charge in [-0.15, -0.1) is 0 Å². The maximum atomic E-state index is 13.0. The summed E-state index contributed by atoms with van der Waals surface area (Å²) in [7, 11) is -3.40. The number of carbonyl (C=O) groups excluding carboxylic acids is 2. The predicted molar refractivity (Wildman–Crippen MR) is 116 cm³/mol. The summed E-state index contributed by atoms with van der Waals surface area (Å²) < 4.78 is 26.9. The summed E-state index contributed by atoms with van der Waals surface area (Å²) >= 11 is 0. The van der Waals surface area contributed by atoms with Crippen molar-refractivity contribution in [2.75, 3.05) is 39.3 Å². The van der Waals surface area contributed by atoms with Gasteiger partial charge < -0.3 is 9.80 Å². The molecular weight excluding hydrogens is 402 g/mol. The van der Waals surface area contributed by atoms with Gasteiger partial charge in [0.2, 0.25) is 21.8 Å². The maximum Gasteiger partial charge on any atom is 0.227 e. The lowest BCUT2D eigenvalue weighted by Crippen LogP contribution is -2.54. The Bertz CT molecular complexity index is 856. The van der Waals surface area contributed by atoms with Crippen molar-refractivity contribution in [3.8, 4) is 0 Å². The summed E-state index contributed by atoms with van der Waals surface area (Å²) in [4.78, 5) is 29.2. The van der Waals surface area contributed by atoms with Crippen molar-refractivity contribution < 1.29 is 18.0 Å². The quantitative estimate of drug-likeness (QED) is 0.724. The fourth-order valence-electron chi connectivity index (χ4n) is 4.16. The van der Waals surface area contributed by atoms with Crippen LogP contribution in [0.25, 0.3) is 0 Å². The third kappa shape index (κ3) is 5.40. The van der Waals surface area contributed by atoms with E-state index in [0.29, 0.717) is 39.3 Å². The van der Waals surface area contributed by atoms with Crippen molar-refractivity contribution >= 4 is 21.8 Å². The van der Waals surface area contributed by atoms with Gasteiger partial charge in [-0.3, -0.25) is 9.59 Å². The molecule has 1 atom stereocenters. The average Bonchev–Trinajstić information content (AvgIpc) is 2.72. The van der Waals surface area contributed by atoms with Crippen molar-refractivity contribution in [2.45, 2.75) is 39.4 Å². The largest absolute Gasteiger partial charge is 0.341 e. The van der Waals surface area contributed by atoms with Gasteiger partial charge in [0, 0.05) is 44.7 Å². The number of piperazine rings is 1. The van der Waals surface area contributed by atoms with Crippen molar-refractivity contribution in [1.82, 2.24) is 14.1 Å². The number of nitrogens with zero attached hydrogens (tertiary/aromatic N) is 3. The Balaban J connectivity index is 1.55. The molecule has 2 heterocycles. The molecule has 2 fully saturated rings. The highest BCUT2D eigenvalue weighted by Crippen LogP contribution is 2.25. The number of piperidine rings is 1. The fourth-order valence-corrected chi connectivity index (χ4v) is 5.67. The van der Waals surface area contributed by atoms with E-state index >= 15 is 0 Å². The molecule has 0 spiro atoms. The van der Waals surface area contributed by atoms with E-state index in [9.17, 15) is 18.0 Å². The van der Waals surface area contributed by atoms with Crippen LogP contribution in [0.2, 0.25) is 0 Å². The van der Waals surface area contributed by atoms with Gasteiger partial charge >= 0.3 is 0 Å². The van der Waals surface area contributed by atoms with E-state index in [1.54, 1.807) is 4.90 Å². The van der Waals surface area contributed by atoms with Gasteiger partial charge in [0.25, 0.3) is 0 Å².